The van der Waals surface area contributed by atoms with Crippen molar-refractivity contribution >= 4 is 5.97 Å². The fourth-order valence-electron chi connectivity index (χ4n) is 1.60. The Morgan fingerprint density at radius 1 is 1.50 bits per heavy atom. The Kier molecular flexibility index (Phi) is 3.27. The molecule has 0 saturated carbocycles. The van der Waals surface area contributed by atoms with Crippen LogP contribution in [0.3, 0.4) is 0 Å². The maximum Gasteiger partial charge on any atom is 0.339 e. The molecule has 2 aromatic rings. The van der Waals surface area contributed by atoms with Crippen molar-refractivity contribution in [3.63, 3.8) is 0 Å². The normalized spacial score (nSPS) is 10.3. The summed E-state index contributed by atoms with van der Waals surface area (Å²) in [5, 5.41) is 13.0. The molecule has 0 bridgehead atoms. The van der Waals surface area contributed by atoms with Crippen molar-refractivity contribution in [1.82, 2.24) is 14.8 Å². The molecular formula is C12H13N3O3. The number of carboxylic acids is 1. The fourth-order valence-corrected chi connectivity index (χ4v) is 1.60. The van der Waals surface area contributed by atoms with Crippen LogP contribution >= 0.6 is 0 Å². The van der Waals surface area contributed by atoms with Gasteiger partial charge in [-0.3, -0.25) is 4.68 Å². The van der Waals surface area contributed by atoms with Crippen molar-refractivity contribution in [1.29, 1.82) is 0 Å². The lowest BCUT2D eigenvalue weighted by molar-refractivity contribution is 0.0691. The second-order valence-electron chi connectivity index (χ2n) is 3.85. The van der Waals surface area contributed by atoms with E-state index >= 15 is 0 Å². The van der Waals surface area contributed by atoms with Crippen molar-refractivity contribution in [2.45, 2.75) is 13.5 Å². The highest BCUT2D eigenvalue weighted by atomic mass is 16.5. The van der Waals surface area contributed by atoms with Gasteiger partial charge in [0.1, 0.15) is 24.2 Å². The summed E-state index contributed by atoms with van der Waals surface area (Å²) in [6, 6.07) is 5.01. The maximum absolute atomic E-state index is 11.1. The van der Waals surface area contributed by atoms with Crippen LogP contribution in [-0.2, 0) is 13.7 Å². The molecule has 1 aromatic carbocycles. The van der Waals surface area contributed by atoms with Gasteiger partial charge in [0.05, 0.1) is 0 Å². The Labute approximate surface area is 104 Å². The number of benzene rings is 1. The maximum atomic E-state index is 11.1. The van der Waals surface area contributed by atoms with Gasteiger partial charge >= 0.3 is 5.97 Å². The number of ether oxygens (including phenoxy) is 1. The second-order valence-corrected chi connectivity index (χ2v) is 3.85. The molecule has 6 nitrogen and oxygen atoms in total. The molecule has 0 radical (unpaired) electrons. The van der Waals surface area contributed by atoms with Gasteiger partial charge in [0.2, 0.25) is 0 Å². The molecule has 6 heteroatoms. The molecule has 0 amide bonds. The fraction of sp³-hybridized carbons (Fsp3) is 0.250. The number of hydrogen-bond donors (Lipinski definition) is 1. The zero-order chi connectivity index (χ0) is 13.1. The van der Waals surface area contributed by atoms with Gasteiger partial charge in [0, 0.05) is 7.05 Å². The van der Waals surface area contributed by atoms with Gasteiger partial charge in [-0.1, -0.05) is 12.1 Å². The van der Waals surface area contributed by atoms with E-state index in [-0.39, 0.29) is 12.2 Å². The number of aromatic nitrogens is 3. The van der Waals surface area contributed by atoms with E-state index < -0.39 is 5.97 Å². The first-order chi connectivity index (χ1) is 8.59. The average molecular weight is 247 g/mol. The summed E-state index contributed by atoms with van der Waals surface area (Å²) in [5.74, 6) is -0.00532. The molecule has 0 aliphatic rings. The SMILES string of the molecule is Cc1cccc(C(=O)O)c1OCc1ncnn1C. The van der Waals surface area contributed by atoms with E-state index in [9.17, 15) is 4.79 Å². The summed E-state index contributed by atoms with van der Waals surface area (Å²) >= 11 is 0. The van der Waals surface area contributed by atoms with Gasteiger partial charge in [0.15, 0.2) is 5.82 Å². The molecule has 94 valence electrons. The number of carboxylic acid groups (broad SMARTS) is 1. The Morgan fingerprint density at radius 2 is 2.28 bits per heavy atom. The minimum absolute atomic E-state index is 0.150. The van der Waals surface area contributed by atoms with Crippen LogP contribution < -0.4 is 4.74 Å². The molecule has 0 aliphatic carbocycles. The molecule has 1 aromatic heterocycles. The van der Waals surface area contributed by atoms with Crippen LogP contribution in [0.25, 0.3) is 0 Å². The summed E-state index contributed by atoms with van der Waals surface area (Å²) in [4.78, 5) is 15.1. The van der Waals surface area contributed by atoms with Crippen molar-refractivity contribution in [2.75, 3.05) is 0 Å². The second kappa shape index (κ2) is 4.87. The van der Waals surface area contributed by atoms with Gasteiger partial charge in [-0.15, -0.1) is 0 Å². The number of nitrogens with zero attached hydrogens (tertiary/aromatic N) is 3. The number of aryl methyl sites for hydroxylation is 2. The monoisotopic (exact) mass is 247 g/mol. The molecule has 0 fully saturated rings. The van der Waals surface area contributed by atoms with E-state index in [1.807, 2.05) is 0 Å². The molecule has 0 atom stereocenters. The number of aromatic carboxylic acids is 1. The van der Waals surface area contributed by atoms with Gasteiger partial charge in [-0.25, -0.2) is 9.78 Å². The van der Waals surface area contributed by atoms with Gasteiger partial charge in [0.25, 0.3) is 0 Å². The third kappa shape index (κ3) is 2.32. The summed E-state index contributed by atoms with van der Waals surface area (Å²) < 4.78 is 7.13. The molecule has 0 aliphatic heterocycles. The molecule has 0 saturated heterocycles. The smallest absolute Gasteiger partial charge is 0.339 e. The topological polar surface area (TPSA) is 77.2 Å². The highest BCUT2D eigenvalue weighted by molar-refractivity contribution is 5.91. The molecule has 1 N–H and O–H groups in total. The van der Waals surface area contributed by atoms with Crippen LogP contribution in [0, 0.1) is 6.92 Å². The van der Waals surface area contributed by atoms with Crippen LogP contribution in [0.5, 0.6) is 5.75 Å². The first kappa shape index (κ1) is 12.1. The van der Waals surface area contributed by atoms with Gasteiger partial charge in [-0.05, 0) is 18.6 Å². The molecule has 18 heavy (non-hydrogen) atoms. The molecule has 0 spiro atoms. The van der Waals surface area contributed by atoms with Crippen LogP contribution in [0.2, 0.25) is 0 Å². The van der Waals surface area contributed by atoms with E-state index in [2.05, 4.69) is 10.1 Å². The van der Waals surface area contributed by atoms with Crippen LogP contribution in [-0.4, -0.2) is 25.8 Å². The number of para-hydroxylation sites is 1. The van der Waals surface area contributed by atoms with Crippen LogP contribution in [0.1, 0.15) is 21.7 Å². The number of hydrogen-bond acceptors (Lipinski definition) is 4. The quantitative estimate of drug-likeness (QED) is 0.883. The van der Waals surface area contributed by atoms with E-state index in [1.54, 1.807) is 30.8 Å². The largest absolute Gasteiger partial charge is 0.484 e. The van der Waals surface area contributed by atoms with Gasteiger partial charge in [-0.2, -0.15) is 5.10 Å². The lowest BCUT2D eigenvalue weighted by Crippen LogP contribution is -2.08. The van der Waals surface area contributed by atoms with Gasteiger partial charge < -0.3 is 9.84 Å². The first-order valence-corrected chi connectivity index (χ1v) is 5.38. The summed E-state index contributed by atoms with van der Waals surface area (Å²) in [6.07, 6.45) is 1.43. The highest BCUT2D eigenvalue weighted by Crippen LogP contribution is 2.24. The molecule has 2 rings (SSSR count). The van der Waals surface area contributed by atoms with Crippen molar-refractivity contribution in [3.05, 3.63) is 41.5 Å². The number of carbonyl (C=O) groups is 1. The molecular weight excluding hydrogens is 234 g/mol. The Morgan fingerprint density at radius 3 is 2.89 bits per heavy atom. The van der Waals surface area contributed by atoms with E-state index in [0.717, 1.165) is 5.56 Å². The predicted octanol–water partition coefficient (Wildman–Crippen LogP) is 1.40. The third-order valence-electron chi connectivity index (χ3n) is 2.59. The van der Waals surface area contributed by atoms with Crippen molar-refractivity contribution in [3.8, 4) is 5.75 Å². The van der Waals surface area contributed by atoms with Crippen molar-refractivity contribution in [2.24, 2.45) is 7.05 Å². The summed E-state index contributed by atoms with van der Waals surface area (Å²) in [7, 11) is 1.75. The molecule has 1 heterocycles. The van der Waals surface area contributed by atoms with Crippen LogP contribution in [0.15, 0.2) is 24.5 Å². The van der Waals surface area contributed by atoms with Crippen LogP contribution in [0.4, 0.5) is 0 Å². The number of rotatable bonds is 4. The third-order valence-corrected chi connectivity index (χ3v) is 2.59. The summed E-state index contributed by atoms with van der Waals surface area (Å²) in [6.45, 7) is 1.99. The predicted molar refractivity (Wildman–Crippen MR) is 63.5 cm³/mol. The first-order valence-electron chi connectivity index (χ1n) is 5.38. The Hall–Kier alpha value is -2.37. The Balaban J connectivity index is 2.24. The minimum atomic E-state index is -1.01. The lowest BCUT2D eigenvalue weighted by Gasteiger charge is -2.11. The average Bonchev–Trinajstić information content (AvgIpc) is 2.73. The highest BCUT2D eigenvalue weighted by Gasteiger charge is 2.14. The Bertz CT molecular complexity index is 578. The standard InChI is InChI=1S/C12H13N3O3/c1-8-4-3-5-9(12(16)17)11(8)18-6-10-13-7-14-15(10)2/h3-5,7H,6H2,1-2H3,(H,16,17). The van der Waals surface area contributed by atoms with Crippen molar-refractivity contribution < 1.29 is 14.6 Å². The zero-order valence-electron chi connectivity index (χ0n) is 10.1. The van der Waals surface area contributed by atoms with E-state index in [4.69, 9.17) is 9.84 Å². The molecule has 0 unspecified atom stereocenters. The zero-order valence-corrected chi connectivity index (χ0v) is 10.1. The lowest BCUT2D eigenvalue weighted by atomic mass is 10.1. The van der Waals surface area contributed by atoms with E-state index in [1.165, 1.54) is 12.4 Å². The van der Waals surface area contributed by atoms with E-state index in [0.29, 0.717) is 11.6 Å². The summed E-state index contributed by atoms with van der Waals surface area (Å²) in [5.41, 5.74) is 0.925. The minimum Gasteiger partial charge on any atom is -0.484 e.